The molecule has 1 N–H and O–H groups in total. The zero-order valence-electron chi connectivity index (χ0n) is 10.4. The van der Waals surface area contributed by atoms with Crippen molar-refractivity contribution in [3.63, 3.8) is 0 Å². The first-order valence-corrected chi connectivity index (χ1v) is 6.32. The Morgan fingerprint density at radius 3 is 2.94 bits per heavy atom. The summed E-state index contributed by atoms with van der Waals surface area (Å²) in [6.45, 7) is 5.39. The van der Waals surface area contributed by atoms with Crippen LogP contribution < -0.4 is 5.32 Å². The van der Waals surface area contributed by atoms with Crippen molar-refractivity contribution in [2.45, 2.75) is 58.4 Å². The van der Waals surface area contributed by atoms with Crippen LogP contribution in [-0.4, -0.2) is 22.7 Å². The van der Waals surface area contributed by atoms with Crippen LogP contribution in [0, 0.1) is 0 Å². The fraction of sp³-hybridized carbons (Fsp3) is 0.833. The van der Waals surface area contributed by atoms with E-state index in [9.17, 15) is 0 Å². The Morgan fingerprint density at radius 1 is 1.38 bits per heavy atom. The lowest BCUT2D eigenvalue weighted by Crippen LogP contribution is -2.28. The molecule has 0 saturated heterocycles. The third-order valence-corrected chi connectivity index (χ3v) is 2.73. The normalized spacial score (nSPS) is 12.9. The smallest absolute Gasteiger partial charge is 0.227 e. The third kappa shape index (κ3) is 5.85. The van der Waals surface area contributed by atoms with Gasteiger partial charge in [-0.05, 0) is 13.3 Å². The summed E-state index contributed by atoms with van der Waals surface area (Å²) in [4.78, 5) is 3.98. The van der Waals surface area contributed by atoms with E-state index in [1.165, 1.54) is 38.4 Å². The maximum atomic E-state index is 4.93. The molecule has 4 heteroatoms. The molecule has 1 aromatic heterocycles. The lowest BCUT2D eigenvalue weighted by atomic mass is 10.1. The Kier molecular flexibility index (Phi) is 6.81. The monoisotopic (exact) mass is 225 g/mol. The molecule has 4 nitrogen and oxygen atoms in total. The Hall–Kier alpha value is -0.900. The van der Waals surface area contributed by atoms with Crippen molar-refractivity contribution >= 4 is 0 Å². The summed E-state index contributed by atoms with van der Waals surface area (Å²) < 4.78 is 4.93. The Morgan fingerprint density at radius 2 is 2.25 bits per heavy atom. The van der Waals surface area contributed by atoms with E-state index in [0.29, 0.717) is 11.9 Å². The molecule has 0 aliphatic rings. The average Bonchev–Trinajstić information content (AvgIpc) is 2.77. The largest absolute Gasteiger partial charge is 0.340 e. The molecular weight excluding hydrogens is 202 g/mol. The first-order chi connectivity index (χ1) is 7.83. The molecular formula is C12H23N3O. The summed E-state index contributed by atoms with van der Waals surface area (Å²) in [5.74, 6) is 0.714. The highest BCUT2D eigenvalue weighted by molar-refractivity contribution is 4.76. The first kappa shape index (κ1) is 13.2. The summed E-state index contributed by atoms with van der Waals surface area (Å²) in [6.07, 6.45) is 8.86. The molecule has 0 aromatic carbocycles. The van der Waals surface area contributed by atoms with Crippen LogP contribution in [0.1, 0.15) is 51.8 Å². The van der Waals surface area contributed by atoms with Gasteiger partial charge in [0.05, 0.1) is 0 Å². The molecule has 1 aromatic rings. The van der Waals surface area contributed by atoms with E-state index >= 15 is 0 Å². The average molecular weight is 225 g/mol. The van der Waals surface area contributed by atoms with E-state index in [1.54, 1.807) is 0 Å². The fourth-order valence-electron chi connectivity index (χ4n) is 1.71. The second-order valence-electron chi connectivity index (χ2n) is 4.29. The third-order valence-electron chi connectivity index (χ3n) is 2.73. The Balaban J connectivity index is 1.95. The number of aromatic nitrogens is 2. The maximum absolute atomic E-state index is 4.93. The van der Waals surface area contributed by atoms with Gasteiger partial charge < -0.3 is 9.84 Å². The minimum Gasteiger partial charge on any atom is -0.340 e. The van der Waals surface area contributed by atoms with E-state index in [2.05, 4.69) is 29.3 Å². The molecule has 0 saturated carbocycles. The highest BCUT2D eigenvalue weighted by Crippen LogP contribution is 2.05. The molecule has 16 heavy (non-hydrogen) atoms. The van der Waals surface area contributed by atoms with Gasteiger partial charge in [0, 0.05) is 19.0 Å². The lowest BCUT2D eigenvalue weighted by Gasteiger charge is -2.12. The van der Waals surface area contributed by atoms with Crippen molar-refractivity contribution in [2.24, 2.45) is 0 Å². The van der Waals surface area contributed by atoms with Crippen LogP contribution >= 0.6 is 0 Å². The number of hydrogen-bond donors (Lipinski definition) is 1. The quantitative estimate of drug-likeness (QED) is 0.656. The van der Waals surface area contributed by atoms with E-state index in [0.717, 1.165) is 13.0 Å². The second kappa shape index (κ2) is 8.28. The number of hydrogen-bond acceptors (Lipinski definition) is 4. The molecule has 1 unspecified atom stereocenters. The van der Waals surface area contributed by atoms with Crippen molar-refractivity contribution in [3.05, 3.63) is 12.2 Å². The molecule has 0 bridgehead atoms. The van der Waals surface area contributed by atoms with E-state index in [4.69, 9.17) is 4.52 Å². The van der Waals surface area contributed by atoms with Gasteiger partial charge in [-0.3, -0.25) is 0 Å². The van der Waals surface area contributed by atoms with Gasteiger partial charge in [-0.1, -0.05) is 37.8 Å². The highest BCUT2D eigenvalue weighted by Gasteiger charge is 2.02. The molecule has 0 aliphatic heterocycles. The molecule has 1 heterocycles. The van der Waals surface area contributed by atoms with Gasteiger partial charge in [-0.2, -0.15) is 4.98 Å². The highest BCUT2D eigenvalue weighted by atomic mass is 16.5. The molecule has 0 radical (unpaired) electrons. The van der Waals surface area contributed by atoms with Gasteiger partial charge >= 0.3 is 0 Å². The van der Waals surface area contributed by atoms with Crippen LogP contribution in [0.15, 0.2) is 10.9 Å². The molecule has 92 valence electrons. The minimum absolute atomic E-state index is 0.583. The van der Waals surface area contributed by atoms with Crippen molar-refractivity contribution in [3.8, 4) is 0 Å². The van der Waals surface area contributed by atoms with E-state index < -0.39 is 0 Å². The second-order valence-corrected chi connectivity index (χ2v) is 4.29. The predicted octanol–water partition coefficient (Wildman–Crippen LogP) is 2.56. The Labute approximate surface area is 97.8 Å². The molecule has 1 rings (SSSR count). The number of rotatable bonds is 9. The van der Waals surface area contributed by atoms with Gasteiger partial charge in [0.1, 0.15) is 0 Å². The predicted molar refractivity (Wildman–Crippen MR) is 64.2 cm³/mol. The summed E-state index contributed by atoms with van der Waals surface area (Å²) in [5.41, 5.74) is 0. The van der Waals surface area contributed by atoms with Gasteiger partial charge in [0.15, 0.2) is 6.33 Å². The van der Waals surface area contributed by atoms with Crippen molar-refractivity contribution in [1.82, 2.24) is 15.5 Å². The zero-order chi connectivity index (χ0) is 11.6. The summed E-state index contributed by atoms with van der Waals surface area (Å²) in [5, 5.41) is 7.05. The van der Waals surface area contributed by atoms with Crippen LogP contribution in [0.5, 0.6) is 0 Å². The Bertz CT molecular complexity index is 249. The molecule has 0 fully saturated rings. The lowest BCUT2D eigenvalue weighted by molar-refractivity contribution is 0.370. The fourth-order valence-corrected chi connectivity index (χ4v) is 1.71. The molecule has 0 aliphatic carbocycles. The van der Waals surface area contributed by atoms with Gasteiger partial charge in [-0.15, -0.1) is 0 Å². The van der Waals surface area contributed by atoms with Crippen molar-refractivity contribution < 1.29 is 4.52 Å². The number of nitrogens with one attached hydrogen (secondary N) is 1. The summed E-state index contributed by atoms with van der Waals surface area (Å²) in [6, 6.07) is 0.583. The first-order valence-electron chi connectivity index (χ1n) is 6.32. The van der Waals surface area contributed by atoms with Crippen LogP contribution in [0.2, 0.25) is 0 Å². The van der Waals surface area contributed by atoms with E-state index in [1.807, 2.05) is 0 Å². The SMILES string of the molecule is CCCCCCC(C)NCCc1ncno1. The molecule has 0 amide bonds. The van der Waals surface area contributed by atoms with Crippen LogP contribution in [0.3, 0.4) is 0 Å². The van der Waals surface area contributed by atoms with E-state index in [-0.39, 0.29) is 0 Å². The molecule has 1 atom stereocenters. The van der Waals surface area contributed by atoms with Gasteiger partial charge in [0.2, 0.25) is 5.89 Å². The molecule has 0 spiro atoms. The zero-order valence-corrected chi connectivity index (χ0v) is 10.4. The van der Waals surface area contributed by atoms with Crippen molar-refractivity contribution in [2.75, 3.05) is 6.54 Å². The maximum Gasteiger partial charge on any atom is 0.227 e. The van der Waals surface area contributed by atoms with Gasteiger partial charge in [-0.25, -0.2) is 0 Å². The standard InChI is InChI=1S/C12H23N3O/c1-3-4-5-6-7-11(2)13-9-8-12-14-10-15-16-12/h10-11,13H,3-9H2,1-2H3. The van der Waals surface area contributed by atoms with Crippen LogP contribution in [0.25, 0.3) is 0 Å². The van der Waals surface area contributed by atoms with Crippen molar-refractivity contribution in [1.29, 1.82) is 0 Å². The van der Waals surface area contributed by atoms with Gasteiger partial charge in [0.25, 0.3) is 0 Å². The van der Waals surface area contributed by atoms with Crippen LogP contribution in [0.4, 0.5) is 0 Å². The number of nitrogens with zero attached hydrogens (tertiary/aromatic N) is 2. The topological polar surface area (TPSA) is 51.0 Å². The summed E-state index contributed by atoms with van der Waals surface area (Å²) in [7, 11) is 0. The minimum atomic E-state index is 0.583. The van der Waals surface area contributed by atoms with Crippen LogP contribution in [-0.2, 0) is 6.42 Å². The number of unbranched alkanes of at least 4 members (excludes halogenated alkanes) is 3. The summed E-state index contributed by atoms with van der Waals surface area (Å²) >= 11 is 0.